The molecule has 0 bridgehead atoms. The molecule has 4 aliphatic rings. The predicted octanol–water partition coefficient (Wildman–Crippen LogP) is 5.55. The first-order valence-electron chi connectivity index (χ1n) is 20.6. The number of halogens is 1. The number of nitrogens with zero attached hydrogens (tertiary/aromatic N) is 6. The Bertz CT molecular complexity index is 2360. The molecule has 2 N–H and O–H groups in total. The van der Waals surface area contributed by atoms with E-state index in [2.05, 4.69) is 76.3 Å². The normalized spacial score (nSPS) is 23.3. The van der Waals surface area contributed by atoms with Crippen LogP contribution in [0.25, 0.3) is 10.8 Å². The fourth-order valence-corrected chi connectivity index (χ4v) is 10.3. The lowest BCUT2D eigenvalue weighted by Crippen LogP contribution is -2.74. The van der Waals surface area contributed by atoms with Gasteiger partial charge in [-0.2, -0.15) is 10.4 Å². The van der Waals surface area contributed by atoms with E-state index in [1.807, 2.05) is 30.3 Å². The fraction of sp³-hybridized carbons (Fsp3) is 0.467. The number of hydrogen-bond acceptors (Lipinski definition) is 10. The highest BCUT2D eigenvalue weighted by atomic mass is 35.5. The highest BCUT2D eigenvalue weighted by molar-refractivity contribution is 6.31. The summed E-state index contributed by atoms with van der Waals surface area (Å²) >= 11 is 6.26. The summed E-state index contributed by atoms with van der Waals surface area (Å²) in [7, 11) is 0. The molecule has 3 aliphatic heterocycles. The van der Waals surface area contributed by atoms with Gasteiger partial charge in [0.15, 0.2) is 0 Å². The second-order valence-corrected chi connectivity index (χ2v) is 18.1. The molecular formula is C45H51ClN8O5. The van der Waals surface area contributed by atoms with Crippen LogP contribution >= 0.6 is 11.6 Å². The van der Waals surface area contributed by atoms with E-state index in [0.29, 0.717) is 33.2 Å². The number of nitrogens with one attached hydrogen (secondary N) is 2. The first kappa shape index (κ1) is 40.3. The van der Waals surface area contributed by atoms with Crippen molar-refractivity contribution in [2.75, 3.05) is 55.6 Å². The summed E-state index contributed by atoms with van der Waals surface area (Å²) in [5.41, 5.74) is 2.21. The molecule has 1 aromatic heterocycles. The molecule has 1 atom stereocenters. The van der Waals surface area contributed by atoms with Crippen LogP contribution in [0.5, 0.6) is 5.75 Å². The predicted molar refractivity (Wildman–Crippen MR) is 227 cm³/mol. The Kier molecular flexibility index (Phi) is 10.9. The third-order valence-corrected chi connectivity index (χ3v) is 13.4. The fourth-order valence-electron chi connectivity index (χ4n) is 10.0. The van der Waals surface area contributed by atoms with E-state index in [1.165, 1.54) is 4.68 Å². The molecule has 0 radical (unpaired) electrons. The molecule has 1 saturated carbocycles. The number of rotatable bonds is 9. The van der Waals surface area contributed by atoms with Gasteiger partial charge in [0, 0.05) is 97.5 Å². The number of piperidine rings is 2. The van der Waals surface area contributed by atoms with Crippen molar-refractivity contribution in [2.24, 2.45) is 16.7 Å². The van der Waals surface area contributed by atoms with Gasteiger partial charge < -0.3 is 19.9 Å². The zero-order valence-electron chi connectivity index (χ0n) is 34.0. The summed E-state index contributed by atoms with van der Waals surface area (Å²) in [5, 5.41) is 20.7. The number of fused-ring (bicyclic) bond motifs is 1. The van der Waals surface area contributed by atoms with Gasteiger partial charge in [0.05, 0.1) is 22.2 Å². The summed E-state index contributed by atoms with van der Waals surface area (Å²) in [4.78, 5) is 58.0. The Morgan fingerprint density at radius 2 is 1.58 bits per heavy atom. The topological polar surface area (TPSA) is 153 Å². The Balaban J connectivity index is 0.792. The molecule has 14 heteroatoms. The molecule has 13 nitrogen and oxygen atoms in total. The largest absolute Gasteiger partial charge is 0.489 e. The minimum atomic E-state index is -0.781. The molecule has 0 spiro atoms. The maximum Gasteiger partial charge on any atom is 0.275 e. The van der Waals surface area contributed by atoms with Gasteiger partial charge in [-0.15, -0.1) is 0 Å². The highest BCUT2D eigenvalue weighted by Gasteiger charge is 2.64. The summed E-state index contributed by atoms with van der Waals surface area (Å²) in [6, 6.07) is 20.0. The van der Waals surface area contributed by atoms with Crippen LogP contribution in [0.4, 0.5) is 11.4 Å². The molecule has 59 heavy (non-hydrogen) atoms. The van der Waals surface area contributed by atoms with Crippen LogP contribution in [0.15, 0.2) is 71.7 Å². The van der Waals surface area contributed by atoms with E-state index in [1.54, 1.807) is 24.4 Å². The molecule has 4 aromatic rings. The molecule has 0 unspecified atom stereocenters. The maximum absolute atomic E-state index is 13.5. The van der Waals surface area contributed by atoms with Crippen molar-refractivity contribution < 1.29 is 19.1 Å². The first-order chi connectivity index (χ1) is 28.2. The highest BCUT2D eigenvalue weighted by Crippen LogP contribution is 2.55. The van der Waals surface area contributed by atoms with Crippen molar-refractivity contribution in [3.05, 3.63) is 93.4 Å². The van der Waals surface area contributed by atoms with Crippen LogP contribution in [-0.4, -0.2) is 90.4 Å². The van der Waals surface area contributed by atoms with Crippen LogP contribution in [0.1, 0.15) is 75.3 Å². The minimum Gasteiger partial charge on any atom is -0.489 e. The van der Waals surface area contributed by atoms with Crippen molar-refractivity contribution in [3.63, 3.8) is 0 Å². The van der Waals surface area contributed by atoms with Crippen molar-refractivity contribution in [1.82, 2.24) is 25.3 Å². The number of anilines is 2. The average molecular weight is 819 g/mol. The Labute approximate surface area is 349 Å². The second kappa shape index (κ2) is 16.0. The number of carbonyl (C=O) groups excluding carboxylic acids is 3. The number of aromatic nitrogens is 2. The zero-order valence-corrected chi connectivity index (χ0v) is 34.8. The third-order valence-electron chi connectivity index (χ3n) is 13.1. The standard InChI is InChI=1S/C45H51ClN8O5/c1-44(2)42(45(3,4)43(44)59-34-11-7-30(25-47)36(46)24-34)50-39(56)29-5-8-32(9-6-29)52-17-15-28(16-18-52)27-51-19-21-53(22-20-51)33-10-12-35-31(23-33)26-48-54(41(35)58)37-13-14-38(55)49-40(37)57/h5-12,23-24,26,28,37,42-43H,13-22,27H2,1-4H3,(H,50,56)(H,49,55,57)/t37-,42?,43?/m1/s1. The van der Waals surface area contributed by atoms with Gasteiger partial charge in [-0.3, -0.25) is 29.4 Å². The molecule has 8 rings (SSSR count). The summed E-state index contributed by atoms with van der Waals surface area (Å²) in [6.07, 6.45) is 4.14. The van der Waals surface area contributed by atoms with Crippen LogP contribution in [0.2, 0.25) is 5.02 Å². The van der Waals surface area contributed by atoms with Crippen LogP contribution in [0, 0.1) is 28.1 Å². The lowest BCUT2D eigenvalue weighted by molar-refractivity contribution is -0.164. The Morgan fingerprint density at radius 1 is 0.898 bits per heavy atom. The van der Waals surface area contributed by atoms with Crippen molar-refractivity contribution in [3.8, 4) is 11.8 Å². The van der Waals surface area contributed by atoms with Gasteiger partial charge in [0.2, 0.25) is 5.91 Å². The monoisotopic (exact) mass is 818 g/mol. The van der Waals surface area contributed by atoms with Crippen molar-refractivity contribution >= 4 is 51.5 Å². The Morgan fingerprint density at radius 3 is 2.24 bits per heavy atom. The minimum absolute atomic E-state index is 0.102. The SMILES string of the molecule is CC1(C)C(NC(=O)c2ccc(N3CCC(CN4CCN(c5ccc6c(=O)n([C@@H]7CCC(=O)NC7=O)ncc6c5)CC4)CC3)cc2)C(C)(C)C1Oc1ccc(C#N)c(Cl)c1. The molecule has 3 aromatic carbocycles. The molecular weight excluding hydrogens is 768 g/mol. The number of hydrogen-bond donors (Lipinski definition) is 2. The number of amides is 3. The van der Waals surface area contributed by atoms with E-state index in [-0.39, 0.29) is 53.2 Å². The first-order valence-corrected chi connectivity index (χ1v) is 21.0. The molecule has 308 valence electrons. The lowest BCUT2D eigenvalue weighted by Gasteiger charge is -2.63. The van der Waals surface area contributed by atoms with E-state index in [9.17, 15) is 24.4 Å². The van der Waals surface area contributed by atoms with Crippen molar-refractivity contribution in [1.29, 1.82) is 5.26 Å². The van der Waals surface area contributed by atoms with Crippen molar-refractivity contribution in [2.45, 2.75) is 71.6 Å². The number of piperazine rings is 1. The maximum atomic E-state index is 13.5. The lowest BCUT2D eigenvalue weighted by atomic mass is 9.49. The van der Waals surface area contributed by atoms with E-state index < -0.39 is 11.9 Å². The quantitative estimate of drug-likeness (QED) is 0.206. The molecule has 4 heterocycles. The second-order valence-electron chi connectivity index (χ2n) is 17.7. The molecule has 3 saturated heterocycles. The van der Waals surface area contributed by atoms with E-state index in [4.69, 9.17) is 16.3 Å². The number of nitriles is 1. The summed E-state index contributed by atoms with van der Waals surface area (Å²) < 4.78 is 7.59. The van der Waals surface area contributed by atoms with Crippen LogP contribution in [0.3, 0.4) is 0 Å². The smallest absolute Gasteiger partial charge is 0.275 e. The number of benzene rings is 3. The third kappa shape index (κ3) is 7.88. The van der Waals surface area contributed by atoms with Gasteiger partial charge >= 0.3 is 0 Å². The van der Waals surface area contributed by atoms with Gasteiger partial charge in [-0.1, -0.05) is 39.3 Å². The van der Waals surface area contributed by atoms with Gasteiger partial charge in [-0.05, 0) is 79.8 Å². The molecule has 1 aliphatic carbocycles. The summed E-state index contributed by atoms with van der Waals surface area (Å²) in [5.74, 6) is 0.311. The molecule has 4 fully saturated rings. The van der Waals surface area contributed by atoms with E-state index in [0.717, 1.165) is 75.4 Å². The number of imide groups is 1. The van der Waals surface area contributed by atoms with Gasteiger partial charge in [0.1, 0.15) is 24.0 Å². The van der Waals surface area contributed by atoms with Crippen LogP contribution in [-0.2, 0) is 9.59 Å². The van der Waals surface area contributed by atoms with Crippen LogP contribution < -0.4 is 30.7 Å². The zero-order chi connectivity index (χ0) is 41.6. The summed E-state index contributed by atoms with van der Waals surface area (Å²) in [6.45, 7) is 15.1. The van der Waals surface area contributed by atoms with Gasteiger partial charge in [-0.25, -0.2) is 4.68 Å². The number of carbonyl (C=O) groups is 3. The average Bonchev–Trinajstić information content (AvgIpc) is 3.22. The number of ether oxygens (including phenoxy) is 1. The Hall–Kier alpha value is -5.45. The van der Waals surface area contributed by atoms with Gasteiger partial charge in [0.25, 0.3) is 17.4 Å². The van der Waals surface area contributed by atoms with E-state index >= 15 is 0 Å². The molecule has 3 amide bonds.